The van der Waals surface area contributed by atoms with E-state index in [0.29, 0.717) is 0 Å². The number of hydrogen-bond donors (Lipinski definition) is 2. The molecule has 0 heterocycles. The lowest BCUT2D eigenvalue weighted by molar-refractivity contribution is -0.145. The summed E-state index contributed by atoms with van der Waals surface area (Å²) >= 11 is 0. The van der Waals surface area contributed by atoms with Crippen LogP contribution in [-0.4, -0.2) is 47.4 Å². The van der Waals surface area contributed by atoms with E-state index in [1.165, 1.54) is 7.05 Å². The molecule has 6 heteroatoms. The Hall–Kier alpha value is -1.59. The molecule has 0 aliphatic rings. The third-order valence-corrected chi connectivity index (χ3v) is 1.56. The summed E-state index contributed by atoms with van der Waals surface area (Å²) in [5.74, 6) is -2.08. The van der Waals surface area contributed by atoms with Gasteiger partial charge in [-0.3, -0.25) is 14.4 Å². The van der Waals surface area contributed by atoms with Crippen molar-refractivity contribution < 1.29 is 19.5 Å². The van der Waals surface area contributed by atoms with Gasteiger partial charge in [0.05, 0.1) is 6.54 Å². The SMILES string of the molecule is CC(C)NC(=O)CN(C)C(=O)CC(=O)O. The zero-order chi connectivity index (χ0) is 12.0. The van der Waals surface area contributed by atoms with Crippen molar-refractivity contribution in [2.75, 3.05) is 13.6 Å². The number of aliphatic carboxylic acids is 1. The van der Waals surface area contributed by atoms with Gasteiger partial charge in [-0.15, -0.1) is 0 Å². The van der Waals surface area contributed by atoms with Crippen LogP contribution in [0, 0.1) is 0 Å². The van der Waals surface area contributed by atoms with Gasteiger partial charge in [-0.2, -0.15) is 0 Å². The van der Waals surface area contributed by atoms with E-state index >= 15 is 0 Å². The van der Waals surface area contributed by atoms with Crippen LogP contribution < -0.4 is 5.32 Å². The van der Waals surface area contributed by atoms with E-state index < -0.39 is 18.3 Å². The van der Waals surface area contributed by atoms with E-state index in [4.69, 9.17) is 5.11 Å². The van der Waals surface area contributed by atoms with Crippen LogP contribution in [0.3, 0.4) is 0 Å². The molecule has 0 unspecified atom stereocenters. The Morgan fingerprint density at radius 2 is 1.87 bits per heavy atom. The summed E-state index contributed by atoms with van der Waals surface area (Å²) in [5, 5.41) is 11.0. The van der Waals surface area contributed by atoms with Gasteiger partial charge in [0.15, 0.2) is 0 Å². The molecule has 2 amide bonds. The number of hydrogen-bond acceptors (Lipinski definition) is 3. The zero-order valence-corrected chi connectivity index (χ0v) is 9.11. The second kappa shape index (κ2) is 6.00. The second-order valence-corrected chi connectivity index (χ2v) is 3.54. The highest BCUT2D eigenvalue weighted by atomic mass is 16.4. The molecular weight excluding hydrogens is 200 g/mol. The molecular formula is C9H16N2O4. The summed E-state index contributed by atoms with van der Waals surface area (Å²) < 4.78 is 0. The van der Waals surface area contributed by atoms with Gasteiger partial charge in [0.25, 0.3) is 0 Å². The van der Waals surface area contributed by atoms with Crippen LogP contribution in [-0.2, 0) is 14.4 Å². The predicted octanol–water partition coefficient (Wildman–Crippen LogP) is -0.556. The molecule has 0 aromatic heterocycles. The maximum atomic E-state index is 11.2. The summed E-state index contributed by atoms with van der Waals surface area (Å²) in [6.45, 7) is 3.48. The van der Waals surface area contributed by atoms with Gasteiger partial charge in [0.1, 0.15) is 6.42 Å². The van der Waals surface area contributed by atoms with Gasteiger partial charge in [-0.1, -0.05) is 0 Å². The van der Waals surface area contributed by atoms with E-state index in [0.717, 1.165) is 4.90 Å². The molecule has 0 aromatic rings. The number of carboxylic acids is 1. The first-order valence-electron chi connectivity index (χ1n) is 4.58. The van der Waals surface area contributed by atoms with Crippen LogP contribution in [0.5, 0.6) is 0 Å². The Balaban J connectivity index is 4.01. The van der Waals surface area contributed by atoms with E-state index in [-0.39, 0.29) is 18.5 Å². The molecule has 15 heavy (non-hydrogen) atoms. The smallest absolute Gasteiger partial charge is 0.312 e. The van der Waals surface area contributed by atoms with Crippen LogP contribution in [0.4, 0.5) is 0 Å². The minimum Gasteiger partial charge on any atom is -0.481 e. The van der Waals surface area contributed by atoms with Crippen molar-refractivity contribution in [2.45, 2.75) is 26.3 Å². The molecule has 86 valence electrons. The maximum absolute atomic E-state index is 11.2. The summed E-state index contributed by atoms with van der Waals surface area (Å²) in [6.07, 6.45) is -0.592. The molecule has 6 nitrogen and oxygen atoms in total. The van der Waals surface area contributed by atoms with E-state index in [1.54, 1.807) is 13.8 Å². The maximum Gasteiger partial charge on any atom is 0.312 e. The monoisotopic (exact) mass is 216 g/mol. The number of carboxylic acid groups (broad SMARTS) is 1. The molecule has 0 aliphatic heterocycles. The Kier molecular flexibility index (Phi) is 5.36. The Bertz CT molecular complexity index is 263. The van der Waals surface area contributed by atoms with Gasteiger partial charge < -0.3 is 15.3 Å². The molecule has 0 saturated carbocycles. The van der Waals surface area contributed by atoms with Gasteiger partial charge in [-0.05, 0) is 13.8 Å². The number of rotatable bonds is 5. The lowest BCUT2D eigenvalue weighted by Crippen LogP contribution is -2.41. The molecule has 0 fully saturated rings. The first-order chi connectivity index (χ1) is 6.82. The highest BCUT2D eigenvalue weighted by Gasteiger charge is 2.15. The van der Waals surface area contributed by atoms with Crippen molar-refractivity contribution in [3.8, 4) is 0 Å². The van der Waals surface area contributed by atoms with Gasteiger partial charge >= 0.3 is 5.97 Å². The molecule has 0 atom stereocenters. The number of carbonyl (C=O) groups excluding carboxylic acids is 2. The average Bonchev–Trinajstić information content (AvgIpc) is 2.00. The zero-order valence-electron chi connectivity index (χ0n) is 9.11. The number of amides is 2. The van der Waals surface area contributed by atoms with Crippen LogP contribution in [0.1, 0.15) is 20.3 Å². The molecule has 0 saturated heterocycles. The van der Waals surface area contributed by atoms with Gasteiger partial charge in [0, 0.05) is 13.1 Å². The van der Waals surface area contributed by atoms with Crippen molar-refractivity contribution >= 4 is 17.8 Å². The highest BCUT2D eigenvalue weighted by Crippen LogP contribution is 1.91. The number of carbonyl (C=O) groups is 3. The van der Waals surface area contributed by atoms with Crippen molar-refractivity contribution in [3.63, 3.8) is 0 Å². The van der Waals surface area contributed by atoms with Gasteiger partial charge in [0.2, 0.25) is 11.8 Å². The largest absolute Gasteiger partial charge is 0.481 e. The summed E-state index contributed by atoms with van der Waals surface area (Å²) in [5.41, 5.74) is 0. The molecule has 0 spiro atoms. The molecule has 0 rings (SSSR count). The van der Waals surface area contributed by atoms with Crippen LogP contribution >= 0.6 is 0 Å². The predicted molar refractivity (Wildman–Crippen MR) is 53.2 cm³/mol. The molecule has 0 aromatic carbocycles. The standard InChI is InChI=1S/C9H16N2O4/c1-6(2)10-7(12)5-11(3)8(13)4-9(14)15/h6H,4-5H2,1-3H3,(H,10,12)(H,14,15). The van der Waals surface area contributed by atoms with Crippen molar-refractivity contribution in [2.24, 2.45) is 0 Å². The second-order valence-electron chi connectivity index (χ2n) is 3.54. The minimum atomic E-state index is -1.20. The van der Waals surface area contributed by atoms with Gasteiger partial charge in [-0.25, -0.2) is 0 Å². The number of nitrogens with zero attached hydrogens (tertiary/aromatic N) is 1. The molecule has 2 N–H and O–H groups in total. The lowest BCUT2D eigenvalue weighted by atomic mass is 10.3. The molecule has 0 bridgehead atoms. The van der Waals surface area contributed by atoms with E-state index in [1.807, 2.05) is 0 Å². The van der Waals surface area contributed by atoms with Crippen molar-refractivity contribution in [3.05, 3.63) is 0 Å². The van der Waals surface area contributed by atoms with Crippen LogP contribution in [0.2, 0.25) is 0 Å². The van der Waals surface area contributed by atoms with E-state index in [9.17, 15) is 14.4 Å². The Morgan fingerprint density at radius 3 is 2.27 bits per heavy atom. The van der Waals surface area contributed by atoms with Crippen LogP contribution in [0.15, 0.2) is 0 Å². The fourth-order valence-electron chi connectivity index (χ4n) is 0.936. The summed E-state index contributed by atoms with van der Waals surface area (Å²) in [4.78, 5) is 33.7. The molecule has 0 radical (unpaired) electrons. The third-order valence-electron chi connectivity index (χ3n) is 1.56. The fourth-order valence-corrected chi connectivity index (χ4v) is 0.936. The summed E-state index contributed by atoms with van der Waals surface area (Å²) in [7, 11) is 1.39. The quantitative estimate of drug-likeness (QED) is 0.603. The topological polar surface area (TPSA) is 86.7 Å². The lowest BCUT2D eigenvalue weighted by Gasteiger charge is -2.16. The first kappa shape index (κ1) is 13.4. The van der Waals surface area contributed by atoms with Crippen molar-refractivity contribution in [1.29, 1.82) is 0 Å². The van der Waals surface area contributed by atoms with Crippen LogP contribution in [0.25, 0.3) is 0 Å². The Morgan fingerprint density at radius 1 is 1.33 bits per heavy atom. The fraction of sp³-hybridized carbons (Fsp3) is 0.667. The van der Waals surface area contributed by atoms with E-state index in [2.05, 4.69) is 5.32 Å². The van der Waals surface area contributed by atoms with Crippen molar-refractivity contribution in [1.82, 2.24) is 10.2 Å². The normalized spacial score (nSPS) is 9.87. The Labute approximate surface area is 88.2 Å². The average molecular weight is 216 g/mol. The number of nitrogens with one attached hydrogen (secondary N) is 1. The number of likely N-dealkylation sites (N-methyl/N-ethyl adjacent to an activating group) is 1. The third kappa shape index (κ3) is 6.48. The highest BCUT2D eigenvalue weighted by molar-refractivity contribution is 5.95. The molecule has 0 aliphatic carbocycles. The summed E-state index contributed by atoms with van der Waals surface area (Å²) in [6, 6.07) is 0.000441. The first-order valence-corrected chi connectivity index (χ1v) is 4.58. The minimum absolute atomic E-state index is 0.000441.